The van der Waals surface area contributed by atoms with E-state index in [1.807, 2.05) is 75.4 Å². The number of nitrogens with two attached hydrogens (primary N) is 1. The topological polar surface area (TPSA) is 47.6 Å². The Balaban J connectivity index is 2.32. The van der Waals surface area contributed by atoms with Crippen LogP contribution >= 0.6 is 0 Å². The van der Waals surface area contributed by atoms with E-state index in [9.17, 15) is 0 Å². The second kappa shape index (κ2) is 5.78. The van der Waals surface area contributed by atoms with Gasteiger partial charge in [-0.05, 0) is 24.3 Å². The molecule has 2 aromatic rings. The molecule has 0 aliphatic rings. The summed E-state index contributed by atoms with van der Waals surface area (Å²) in [6, 6.07) is 17.3. The molecule has 20 heavy (non-hydrogen) atoms. The quantitative estimate of drug-likeness (QED) is 0.657. The molecule has 0 fully saturated rings. The maximum absolute atomic E-state index is 6.04. The summed E-state index contributed by atoms with van der Waals surface area (Å²) in [5.41, 5.74) is 6.61. The van der Waals surface area contributed by atoms with Crippen LogP contribution in [0.4, 0.5) is 5.69 Å². The number of aliphatic imine (C=N–C) groups is 1. The highest BCUT2D eigenvalue weighted by atomic mass is 16.5. The minimum Gasteiger partial charge on any atom is -0.455 e. The Labute approximate surface area is 120 Å². The third kappa shape index (κ3) is 3.60. The molecule has 2 N–H and O–H groups in total. The van der Waals surface area contributed by atoms with Crippen molar-refractivity contribution in [2.75, 3.05) is 0 Å². The lowest BCUT2D eigenvalue weighted by Gasteiger charge is -2.18. The van der Waals surface area contributed by atoms with Crippen LogP contribution in [-0.2, 0) is 0 Å². The van der Waals surface area contributed by atoms with Crippen LogP contribution in [0.2, 0.25) is 0 Å². The predicted molar refractivity (Wildman–Crippen MR) is 83.7 cm³/mol. The van der Waals surface area contributed by atoms with Gasteiger partial charge in [-0.1, -0.05) is 51.1 Å². The summed E-state index contributed by atoms with van der Waals surface area (Å²) in [5.74, 6) is 2.07. The molecule has 0 saturated carbocycles. The maximum Gasteiger partial charge on any atom is 0.153 e. The monoisotopic (exact) mass is 268 g/mol. The number of benzene rings is 2. The van der Waals surface area contributed by atoms with E-state index in [-0.39, 0.29) is 5.41 Å². The fourth-order valence-electron chi connectivity index (χ4n) is 1.55. The Hall–Kier alpha value is -2.29. The second-order valence-corrected chi connectivity index (χ2v) is 5.63. The van der Waals surface area contributed by atoms with Crippen molar-refractivity contribution in [3.63, 3.8) is 0 Å². The number of rotatable bonds is 3. The average Bonchev–Trinajstić information content (AvgIpc) is 2.41. The van der Waals surface area contributed by atoms with E-state index < -0.39 is 0 Å². The molecule has 0 amide bonds. The highest BCUT2D eigenvalue weighted by Crippen LogP contribution is 2.32. The summed E-state index contributed by atoms with van der Waals surface area (Å²) < 4.78 is 5.86. The van der Waals surface area contributed by atoms with Crippen LogP contribution in [0.15, 0.2) is 59.6 Å². The molecule has 0 radical (unpaired) electrons. The van der Waals surface area contributed by atoms with Gasteiger partial charge in [0.1, 0.15) is 17.3 Å². The van der Waals surface area contributed by atoms with Gasteiger partial charge >= 0.3 is 0 Å². The van der Waals surface area contributed by atoms with Gasteiger partial charge in [0.25, 0.3) is 0 Å². The third-order valence-electron chi connectivity index (χ3n) is 2.85. The number of hydrogen-bond donors (Lipinski definition) is 1. The summed E-state index contributed by atoms with van der Waals surface area (Å²) in [4.78, 5) is 4.50. The Morgan fingerprint density at radius 3 is 2.20 bits per heavy atom. The zero-order valence-corrected chi connectivity index (χ0v) is 12.1. The molecule has 3 heteroatoms. The third-order valence-corrected chi connectivity index (χ3v) is 2.85. The molecule has 0 heterocycles. The van der Waals surface area contributed by atoms with E-state index in [2.05, 4.69) is 4.99 Å². The van der Waals surface area contributed by atoms with Crippen LogP contribution in [-0.4, -0.2) is 5.84 Å². The smallest absolute Gasteiger partial charge is 0.153 e. The first kappa shape index (κ1) is 14.1. The highest BCUT2D eigenvalue weighted by molar-refractivity contribution is 5.88. The maximum atomic E-state index is 6.04. The molecule has 0 atom stereocenters. The molecule has 0 aliphatic carbocycles. The van der Waals surface area contributed by atoms with E-state index in [1.165, 1.54) is 0 Å². The van der Waals surface area contributed by atoms with Gasteiger partial charge in [-0.2, -0.15) is 0 Å². The Kier molecular flexibility index (Phi) is 4.08. The van der Waals surface area contributed by atoms with Crippen molar-refractivity contribution < 1.29 is 4.74 Å². The molecule has 0 aromatic heterocycles. The largest absolute Gasteiger partial charge is 0.455 e. The van der Waals surface area contributed by atoms with Crippen LogP contribution in [0.3, 0.4) is 0 Å². The standard InChI is InChI=1S/C17H20N2O/c1-17(2,3)16(18)19-14-11-7-8-12-15(14)20-13-9-5-4-6-10-13/h4-12H,1-3H3,(H2,18,19). The second-order valence-electron chi connectivity index (χ2n) is 5.63. The highest BCUT2D eigenvalue weighted by Gasteiger charge is 2.16. The van der Waals surface area contributed by atoms with Gasteiger partial charge in [0.05, 0.1) is 0 Å². The average molecular weight is 268 g/mol. The van der Waals surface area contributed by atoms with Gasteiger partial charge in [-0.25, -0.2) is 4.99 Å². The lowest BCUT2D eigenvalue weighted by atomic mass is 9.95. The lowest BCUT2D eigenvalue weighted by Crippen LogP contribution is -2.28. The number of ether oxygens (including phenoxy) is 1. The van der Waals surface area contributed by atoms with Gasteiger partial charge in [0.2, 0.25) is 0 Å². The predicted octanol–water partition coefficient (Wildman–Crippen LogP) is 4.51. The van der Waals surface area contributed by atoms with Gasteiger partial charge in [0.15, 0.2) is 5.75 Å². The fourth-order valence-corrected chi connectivity index (χ4v) is 1.55. The van der Waals surface area contributed by atoms with Crippen molar-refractivity contribution in [1.29, 1.82) is 0 Å². The van der Waals surface area contributed by atoms with E-state index >= 15 is 0 Å². The van der Waals surface area contributed by atoms with E-state index in [0.29, 0.717) is 11.6 Å². The molecular weight excluding hydrogens is 248 g/mol. The molecule has 0 saturated heterocycles. The summed E-state index contributed by atoms with van der Waals surface area (Å²) >= 11 is 0. The number of hydrogen-bond acceptors (Lipinski definition) is 2. The first-order valence-corrected chi connectivity index (χ1v) is 6.63. The van der Waals surface area contributed by atoms with Gasteiger partial charge in [0, 0.05) is 5.41 Å². The molecule has 104 valence electrons. The van der Waals surface area contributed by atoms with Gasteiger partial charge < -0.3 is 10.5 Å². The summed E-state index contributed by atoms with van der Waals surface area (Å²) in [6.45, 7) is 6.10. The van der Waals surface area contributed by atoms with Crippen molar-refractivity contribution >= 4 is 11.5 Å². The first-order valence-electron chi connectivity index (χ1n) is 6.63. The first-order chi connectivity index (χ1) is 9.47. The molecule has 2 rings (SSSR count). The molecule has 0 aliphatic heterocycles. The van der Waals surface area contributed by atoms with Crippen molar-refractivity contribution in [3.05, 3.63) is 54.6 Å². The van der Waals surface area contributed by atoms with Crippen LogP contribution in [0.1, 0.15) is 20.8 Å². The van der Waals surface area contributed by atoms with Crippen molar-refractivity contribution in [3.8, 4) is 11.5 Å². The molecular formula is C17H20N2O. The zero-order valence-electron chi connectivity index (χ0n) is 12.1. The normalized spacial score (nSPS) is 12.2. The number of para-hydroxylation sites is 3. The van der Waals surface area contributed by atoms with Crippen LogP contribution < -0.4 is 10.5 Å². The van der Waals surface area contributed by atoms with E-state index in [1.54, 1.807) is 0 Å². The van der Waals surface area contributed by atoms with Crippen molar-refractivity contribution in [2.24, 2.45) is 16.1 Å². The molecule has 3 nitrogen and oxygen atoms in total. The number of amidine groups is 1. The van der Waals surface area contributed by atoms with Crippen LogP contribution in [0.5, 0.6) is 11.5 Å². The fraction of sp³-hybridized carbons (Fsp3) is 0.235. The molecule has 0 spiro atoms. The van der Waals surface area contributed by atoms with Crippen LogP contribution in [0, 0.1) is 5.41 Å². The van der Waals surface area contributed by atoms with Crippen molar-refractivity contribution in [1.82, 2.24) is 0 Å². The Morgan fingerprint density at radius 2 is 1.55 bits per heavy atom. The van der Waals surface area contributed by atoms with Crippen LogP contribution in [0.25, 0.3) is 0 Å². The van der Waals surface area contributed by atoms with E-state index in [4.69, 9.17) is 10.5 Å². The summed E-state index contributed by atoms with van der Waals surface area (Å²) in [7, 11) is 0. The SMILES string of the molecule is CC(C)(C)C(N)=Nc1ccccc1Oc1ccccc1. The lowest BCUT2D eigenvalue weighted by molar-refractivity contribution is 0.484. The Bertz CT molecular complexity index is 598. The van der Waals surface area contributed by atoms with Gasteiger partial charge in [-0.3, -0.25) is 0 Å². The minimum absolute atomic E-state index is 0.167. The summed E-state index contributed by atoms with van der Waals surface area (Å²) in [6.07, 6.45) is 0. The zero-order chi connectivity index (χ0) is 14.6. The molecule has 0 unspecified atom stereocenters. The molecule has 2 aromatic carbocycles. The minimum atomic E-state index is -0.167. The van der Waals surface area contributed by atoms with Crippen molar-refractivity contribution in [2.45, 2.75) is 20.8 Å². The number of nitrogens with zero attached hydrogens (tertiary/aromatic N) is 1. The van der Waals surface area contributed by atoms with Gasteiger partial charge in [-0.15, -0.1) is 0 Å². The summed E-state index contributed by atoms with van der Waals surface area (Å²) in [5, 5.41) is 0. The Morgan fingerprint density at radius 1 is 0.950 bits per heavy atom. The molecule has 0 bridgehead atoms. The van der Waals surface area contributed by atoms with E-state index in [0.717, 1.165) is 11.4 Å².